The SMILES string of the molecule is CCOC(=O)C1CCCCN1Cc1nnsc1NC. The Balaban J connectivity index is 2.05. The fourth-order valence-corrected chi connectivity index (χ4v) is 2.90. The van der Waals surface area contributed by atoms with Gasteiger partial charge < -0.3 is 10.1 Å². The highest BCUT2D eigenvalue weighted by molar-refractivity contribution is 7.10. The highest BCUT2D eigenvalue weighted by Crippen LogP contribution is 2.24. The number of anilines is 1. The molecule has 1 aliphatic heterocycles. The molecule has 1 aliphatic rings. The van der Waals surface area contributed by atoms with Crippen molar-refractivity contribution in [2.45, 2.75) is 38.8 Å². The molecule has 1 N–H and O–H groups in total. The van der Waals surface area contributed by atoms with E-state index in [1.807, 2.05) is 14.0 Å². The van der Waals surface area contributed by atoms with E-state index in [2.05, 4.69) is 19.8 Å². The van der Waals surface area contributed by atoms with Crippen LogP contribution in [0.5, 0.6) is 0 Å². The van der Waals surface area contributed by atoms with Gasteiger partial charge in [-0.05, 0) is 26.3 Å². The fourth-order valence-electron chi connectivity index (χ4n) is 2.38. The summed E-state index contributed by atoms with van der Waals surface area (Å²) in [5.74, 6) is -0.114. The van der Waals surface area contributed by atoms with Gasteiger partial charge in [-0.1, -0.05) is 10.9 Å². The van der Waals surface area contributed by atoms with Crippen LogP contribution in [0.15, 0.2) is 0 Å². The normalized spacial score (nSPS) is 20.2. The molecule has 19 heavy (non-hydrogen) atoms. The van der Waals surface area contributed by atoms with E-state index >= 15 is 0 Å². The second-order valence-corrected chi connectivity index (χ2v) is 5.29. The van der Waals surface area contributed by atoms with Crippen molar-refractivity contribution < 1.29 is 9.53 Å². The predicted molar refractivity (Wildman–Crippen MR) is 74.1 cm³/mol. The Bertz CT molecular complexity index is 424. The lowest BCUT2D eigenvalue weighted by Crippen LogP contribution is -2.45. The molecule has 0 saturated carbocycles. The van der Waals surface area contributed by atoms with Crippen molar-refractivity contribution in [1.82, 2.24) is 14.5 Å². The number of hydrogen-bond acceptors (Lipinski definition) is 7. The van der Waals surface area contributed by atoms with Gasteiger partial charge in [0, 0.05) is 25.1 Å². The maximum Gasteiger partial charge on any atom is 0.323 e. The van der Waals surface area contributed by atoms with E-state index in [1.165, 1.54) is 11.5 Å². The number of nitrogens with zero attached hydrogens (tertiary/aromatic N) is 3. The summed E-state index contributed by atoms with van der Waals surface area (Å²) in [5.41, 5.74) is 0.906. The number of rotatable bonds is 5. The van der Waals surface area contributed by atoms with Crippen molar-refractivity contribution in [3.8, 4) is 0 Å². The smallest absolute Gasteiger partial charge is 0.323 e. The Morgan fingerprint density at radius 2 is 2.42 bits per heavy atom. The van der Waals surface area contributed by atoms with E-state index in [0.717, 1.165) is 36.5 Å². The lowest BCUT2D eigenvalue weighted by Gasteiger charge is -2.33. The molecular formula is C12H20N4O2S. The van der Waals surface area contributed by atoms with E-state index in [9.17, 15) is 4.79 Å². The van der Waals surface area contributed by atoms with Crippen LogP contribution in [-0.2, 0) is 16.1 Å². The van der Waals surface area contributed by atoms with Crippen LogP contribution in [-0.4, -0.2) is 46.7 Å². The van der Waals surface area contributed by atoms with E-state index in [-0.39, 0.29) is 12.0 Å². The average Bonchev–Trinajstić information content (AvgIpc) is 2.87. The molecule has 1 atom stereocenters. The minimum atomic E-state index is -0.139. The lowest BCUT2D eigenvalue weighted by atomic mass is 10.0. The second kappa shape index (κ2) is 6.81. The quantitative estimate of drug-likeness (QED) is 0.826. The molecule has 1 saturated heterocycles. The molecule has 1 unspecified atom stereocenters. The minimum Gasteiger partial charge on any atom is -0.465 e. The van der Waals surface area contributed by atoms with E-state index in [0.29, 0.717) is 13.2 Å². The number of carbonyl (C=O) groups excluding carboxylic acids is 1. The van der Waals surface area contributed by atoms with Crippen molar-refractivity contribution in [2.24, 2.45) is 0 Å². The lowest BCUT2D eigenvalue weighted by molar-refractivity contribution is -0.151. The van der Waals surface area contributed by atoms with Crippen molar-refractivity contribution in [3.05, 3.63) is 5.69 Å². The molecule has 0 bridgehead atoms. The number of esters is 1. The first kappa shape index (κ1) is 14.2. The molecule has 0 amide bonds. The van der Waals surface area contributed by atoms with Crippen LogP contribution < -0.4 is 5.32 Å². The average molecular weight is 284 g/mol. The molecule has 106 valence electrons. The van der Waals surface area contributed by atoms with E-state index in [4.69, 9.17) is 4.74 Å². The first-order valence-corrected chi connectivity index (χ1v) is 7.43. The summed E-state index contributed by atoms with van der Waals surface area (Å²) in [6.45, 7) is 3.83. The van der Waals surface area contributed by atoms with Gasteiger partial charge in [0.15, 0.2) is 0 Å². The molecule has 0 radical (unpaired) electrons. The summed E-state index contributed by atoms with van der Waals surface area (Å²) in [6, 6.07) is -0.139. The number of carbonyl (C=O) groups is 1. The molecule has 1 aromatic heterocycles. The zero-order chi connectivity index (χ0) is 13.7. The molecule has 2 heterocycles. The maximum atomic E-state index is 12.0. The third kappa shape index (κ3) is 3.42. The Morgan fingerprint density at radius 3 is 3.16 bits per heavy atom. The molecule has 0 spiro atoms. The maximum absolute atomic E-state index is 12.0. The van der Waals surface area contributed by atoms with Crippen LogP contribution in [0.25, 0.3) is 0 Å². The number of piperidine rings is 1. The van der Waals surface area contributed by atoms with Gasteiger partial charge in [0.25, 0.3) is 0 Å². The van der Waals surface area contributed by atoms with Crippen molar-refractivity contribution in [3.63, 3.8) is 0 Å². The van der Waals surface area contributed by atoms with E-state index in [1.54, 1.807) is 0 Å². The van der Waals surface area contributed by atoms with Gasteiger partial charge in [-0.15, -0.1) is 5.10 Å². The summed E-state index contributed by atoms with van der Waals surface area (Å²) >= 11 is 1.34. The van der Waals surface area contributed by atoms with Crippen LogP contribution in [0.1, 0.15) is 31.9 Å². The Kier molecular flexibility index (Phi) is 5.09. The van der Waals surface area contributed by atoms with Crippen LogP contribution in [0.4, 0.5) is 5.00 Å². The van der Waals surface area contributed by atoms with Crippen molar-refractivity contribution in [2.75, 3.05) is 25.5 Å². The van der Waals surface area contributed by atoms with Gasteiger partial charge in [-0.25, -0.2) is 0 Å². The Labute approximate surface area is 117 Å². The van der Waals surface area contributed by atoms with Crippen molar-refractivity contribution in [1.29, 1.82) is 0 Å². The Morgan fingerprint density at radius 1 is 1.58 bits per heavy atom. The second-order valence-electron chi connectivity index (χ2n) is 4.53. The summed E-state index contributed by atoms with van der Waals surface area (Å²) in [7, 11) is 1.86. The Hall–Kier alpha value is -1.21. The zero-order valence-electron chi connectivity index (χ0n) is 11.4. The van der Waals surface area contributed by atoms with Crippen LogP contribution in [0, 0.1) is 0 Å². The van der Waals surface area contributed by atoms with Crippen LogP contribution in [0.3, 0.4) is 0 Å². The molecule has 1 fully saturated rings. The number of ether oxygens (including phenoxy) is 1. The summed E-state index contributed by atoms with van der Waals surface area (Å²) in [5, 5.41) is 8.18. The fraction of sp³-hybridized carbons (Fsp3) is 0.750. The van der Waals surface area contributed by atoms with E-state index < -0.39 is 0 Å². The molecule has 6 nitrogen and oxygen atoms in total. The van der Waals surface area contributed by atoms with Gasteiger partial charge in [-0.3, -0.25) is 9.69 Å². The monoisotopic (exact) mass is 284 g/mol. The minimum absolute atomic E-state index is 0.114. The van der Waals surface area contributed by atoms with Gasteiger partial charge >= 0.3 is 5.97 Å². The number of likely N-dealkylation sites (tertiary alicyclic amines) is 1. The highest BCUT2D eigenvalue weighted by Gasteiger charge is 2.30. The third-order valence-electron chi connectivity index (χ3n) is 3.31. The van der Waals surface area contributed by atoms with Crippen LogP contribution in [0.2, 0.25) is 0 Å². The van der Waals surface area contributed by atoms with Crippen LogP contribution >= 0.6 is 11.5 Å². The summed E-state index contributed by atoms with van der Waals surface area (Å²) in [6.07, 6.45) is 3.06. The first-order chi connectivity index (χ1) is 9.26. The summed E-state index contributed by atoms with van der Waals surface area (Å²) in [4.78, 5) is 14.1. The van der Waals surface area contributed by atoms with Gasteiger partial charge in [0.1, 0.15) is 16.7 Å². The predicted octanol–water partition coefficient (Wildman–Crippen LogP) is 1.50. The molecule has 2 rings (SSSR count). The summed E-state index contributed by atoms with van der Waals surface area (Å²) < 4.78 is 9.11. The first-order valence-electron chi connectivity index (χ1n) is 6.66. The van der Waals surface area contributed by atoms with Gasteiger partial charge in [0.2, 0.25) is 0 Å². The third-order valence-corrected chi connectivity index (χ3v) is 4.09. The van der Waals surface area contributed by atoms with Gasteiger partial charge in [-0.2, -0.15) is 0 Å². The molecular weight excluding hydrogens is 264 g/mol. The largest absolute Gasteiger partial charge is 0.465 e. The topological polar surface area (TPSA) is 67.3 Å². The number of nitrogens with one attached hydrogen (secondary N) is 1. The molecule has 1 aromatic rings. The highest BCUT2D eigenvalue weighted by atomic mass is 32.1. The molecule has 0 aliphatic carbocycles. The zero-order valence-corrected chi connectivity index (χ0v) is 12.2. The molecule has 0 aromatic carbocycles. The standard InChI is InChI=1S/C12H20N4O2S/c1-3-18-12(17)10-6-4-5-7-16(10)8-9-11(13-2)19-15-14-9/h10,13H,3-8H2,1-2H3. The number of hydrogen-bond donors (Lipinski definition) is 1. The van der Waals surface area contributed by atoms with Crippen molar-refractivity contribution >= 4 is 22.5 Å². The van der Waals surface area contributed by atoms with Gasteiger partial charge in [0.05, 0.1) is 6.61 Å². The molecule has 7 heteroatoms. The number of aromatic nitrogens is 2.